The number of rotatable bonds is 8. The quantitative estimate of drug-likeness (QED) is 0.407. The second kappa shape index (κ2) is 9.29. The number of methoxy groups -OCH3 is 2. The predicted molar refractivity (Wildman–Crippen MR) is 114 cm³/mol. The monoisotopic (exact) mass is 442 g/mol. The molecule has 0 aliphatic rings. The fourth-order valence-electron chi connectivity index (χ4n) is 3.14. The summed E-state index contributed by atoms with van der Waals surface area (Å²) in [4.78, 5) is 35.5. The summed E-state index contributed by atoms with van der Waals surface area (Å²) in [7, 11) is 2.70. The Kier molecular flexibility index (Phi) is 6.52. The van der Waals surface area contributed by atoms with Crippen LogP contribution in [-0.2, 0) is 6.54 Å². The van der Waals surface area contributed by atoms with Crippen molar-refractivity contribution in [2.75, 3.05) is 20.8 Å². The van der Waals surface area contributed by atoms with Crippen LogP contribution in [0.2, 0.25) is 0 Å². The number of aromatic nitrogens is 4. The van der Waals surface area contributed by atoms with Crippen LogP contribution in [0.5, 0.6) is 11.5 Å². The summed E-state index contributed by atoms with van der Waals surface area (Å²) in [6.45, 7) is 3.78. The molecule has 32 heavy (non-hydrogen) atoms. The molecule has 1 amide bonds. The Morgan fingerprint density at radius 1 is 1.12 bits per heavy atom. The van der Waals surface area contributed by atoms with Gasteiger partial charge in [-0.05, 0) is 26.0 Å². The van der Waals surface area contributed by atoms with Crippen LogP contribution in [0.4, 0.5) is 5.69 Å². The Hall–Kier alpha value is -4.22. The van der Waals surface area contributed by atoms with E-state index in [-0.39, 0.29) is 35.7 Å². The number of ether oxygens (including phenoxy) is 2. The van der Waals surface area contributed by atoms with Crippen LogP contribution < -0.4 is 20.3 Å². The molecule has 0 spiro atoms. The zero-order chi connectivity index (χ0) is 23.4. The maximum atomic E-state index is 12.6. The maximum Gasteiger partial charge on any atom is 0.286 e. The fraction of sp³-hybridized carbons (Fsp3) is 0.300. The first-order chi connectivity index (χ1) is 15.2. The Balaban J connectivity index is 1.78. The lowest BCUT2D eigenvalue weighted by atomic mass is 10.1. The number of benzene rings is 1. The summed E-state index contributed by atoms with van der Waals surface area (Å²) in [6.07, 6.45) is 0. The molecule has 0 radical (unpaired) electrons. The number of nitrogens with one attached hydrogen (secondary N) is 1. The topological polar surface area (TPSA) is 143 Å². The van der Waals surface area contributed by atoms with Gasteiger partial charge in [0, 0.05) is 24.4 Å². The molecule has 0 atom stereocenters. The largest absolute Gasteiger partial charge is 0.493 e. The number of carbonyl (C=O) groups excluding carboxylic acids is 1. The first kappa shape index (κ1) is 22.5. The maximum absolute atomic E-state index is 12.6. The van der Waals surface area contributed by atoms with E-state index in [4.69, 9.17) is 9.47 Å². The lowest BCUT2D eigenvalue weighted by Crippen LogP contribution is -2.32. The van der Waals surface area contributed by atoms with E-state index in [1.54, 1.807) is 10.7 Å². The molecular formula is C20H22N6O6. The molecule has 3 aromatic rings. The van der Waals surface area contributed by atoms with Gasteiger partial charge in [-0.1, -0.05) is 0 Å². The van der Waals surface area contributed by atoms with Gasteiger partial charge in [0.2, 0.25) is 0 Å². The molecule has 0 bridgehead atoms. The highest BCUT2D eigenvalue weighted by atomic mass is 16.6. The molecule has 2 heterocycles. The second-order valence-electron chi connectivity index (χ2n) is 6.83. The van der Waals surface area contributed by atoms with Crippen LogP contribution in [0, 0.1) is 24.0 Å². The van der Waals surface area contributed by atoms with Gasteiger partial charge in [-0.2, -0.15) is 5.10 Å². The average Bonchev–Trinajstić information content (AvgIpc) is 3.11. The van der Waals surface area contributed by atoms with Crippen LogP contribution in [0.1, 0.15) is 21.7 Å². The summed E-state index contributed by atoms with van der Waals surface area (Å²) in [5.74, 6) is 0.0728. The van der Waals surface area contributed by atoms with Crippen molar-refractivity contribution in [2.45, 2.75) is 20.4 Å². The lowest BCUT2D eigenvalue weighted by molar-refractivity contribution is -0.385. The third kappa shape index (κ3) is 4.58. The second-order valence-corrected chi connectivity index (χ2v) is 6.83. The molecule has 2 aromatic heterocycles. The van der Waals surface area contributed by atoms with Crippen molar-refractivity contribution in [3.05, 3.63) is 67.8 Å². The number of nitro groups is 1. The van der Waals surface area contributed by atoms with Gasteiger partial charge >= 0.3 is 0 Å². The van der Waals surface area contributed by atoms with Gasteiger partial charge in [-0.3, -0.25) is 19.7 Å². The summed E-state index contributed by atoms with van der Waals surface area (Å²) < 4.78 is 13.0. The van der Waals surface area contributed by atoms with E-state index < -0.39 is 16.5 Å². The number of aryl methyl sites for hydroxylation is 2. The van der Waals surface area contributed by atoms with Crippen LogP contribution in [0.3, 0.4) is 0 Å². The highest BCUT2D eigenvalue weighted by Crippen LogP contribution is 2.34. The summed E-state index contributed by atoms with van der Waals surface area (Å²) >= 11 is 0. The minimum atomic E-state index is -0.694. The van der Waals surface area contributed by atoms with Gasteiger partial charge in [0.15, 0.2) is 17.3 Å². The molecule has 0 saturated heterocycles. The van der Waals surface area contributed by atoms with E-state index in [0.29, 0.717) is 5.82 Å². The van der Waals surface area contributed by atoms with Gasteiger partial charge in [-0.25, -0.2) is 9.36 Å². The van der Waals surface area contributed by atoms with Gasteiger partial charge in [0.1, 0.15) is 5.56 Å². The number of amides is 1. The minimum Gasteiger partial charge on any atom is -0.493 e. The molecule has 0 unspecified atom stereocenters. The third-order valence-electron chi connectivity index (χ3n) is 4.63. The molecule has 0 saturated carbocycles. The predicted octanol–water partition coefficient (Wildman–Crippen LogP) is 1.40. The molecule has 168 valence electrons. The Labute approximate surface area is 182 Å². The molecular weight excluding hydrogens is 420 g/mol. The van der Waals surface area contributed by atoms with E-state index in [1.165, 1.54) is 31.0 Å². The van der Waals surface area contributed by atoms with Gasteiger partial charge in [-0.15, -0.1) is 5.10 Å². The minimum absolute atomic E-state index is 0.0117. The zero-order valence-electron chi connectivity index (χ0n) is 18.0. The molecule has 0 aliphatic carbocycles. The van der Waals surface area contributed by atoms with Crippen LogP contribution in [-0.4, -0.2) is 51.2 Å². The summed E-state index contributed by atoms with van der Waals surface area (Å²) in [6, 6.07) is 7.16. The van der Waals surface area contributed by atoms with Crippen molar-refractivity contribution in [1.82, 2.24) is 24.9 Å². The number of hydrogen-bond acceptors (Lipinski definition) is 8. The van der Waals surface area contributed by atoms with E-state index >= 15 is 0 Å². The Bertz CT molecular complexity index is 1230. The van der Waals surface area contributed by atoms with Crippen LogP contribution in [0.25, 0.3) is 5.82 Å². The third-order valence-corrected chi connectivity index (χ3v) is 4.63. The molecule has 0 aliphatic heterocycles. The van der Waals surface area contributed by atoms with Crippen molar-refractivity contribution in [1.29, 1.82) is 0 Å². The zero-order valence-corrected chi connectivity index (χ0v) is 18.0. The molecule has 0 fully saturated rings. The first-order valence-corrected chi connectivity index (χ1v) is 9.55. The standard InChI is InChI=1S/C20H22N6O6/c1-12-9-13(2)25(22-12)18-5-6-19(27)24(23-18)8-7-21-20(28)14-10-16(31-3)17(32-4)11-15(14)26(29)30/h5-6,9-11H,7-8H2,1-4H3,(H,21,28). The number of nitrogens with zero attached hydrogens (tertiary/aromatic N) is 5. The number of hydrogen-bond donors (Lipinski definition) is 1. The van der Waals surface area contributed by atoms with Crippen LogP contribution >= 0.6 is 0 Å². The average molecular weight is 442 g/mol. The lowest BCUT2D eigenvalue weighted by Gasteiger charge is -2.11. The Morgan fingerprint density at radius 2 is 1.81 bits per heavy atom. The van der Waals surface area contributed by atoms with Crippen molar-refractivity contribution in [3.63, 3.8) is 0 Å². The number of carbonyl (C=O) groups is 1. The highest BCUT2D eigenvalue weighted by Gasteiger charge is 2.24. The molecule has 12 nitrogen and oxygen atoms in total. The van der Waals surface area contributed by atoms with E-state index in [0.717, 1.165) is 17.5 Å². The first-order valence-electron chi connectivity index (χ1n) is 9.55. The highest BCUT2D eigenvalue weighted by molar-refractivity contribution is 5.99. The van der Waals surface area contributed by atoms with Crippen molar-refractivity contribution < 1.29 is 19.2 Å². The molecule has 1 N–H and O–H groups in total. The van der Waals surface area contributed by atoms with Crippen molar-refractivity contribution in [3.8, 4) is 17.3 Å². The fourth-order valence-corrected chi connectivity index (χ4v) is 3.14. The SMILES string of the molecule is COc1cc(C(=O)NCCn2nc(-n3nc(C)cc3C)ccc2=O)c([N+](=O)[O-])cc1OC. The summed E-state index contributed by atoms with van der Waals surface area (Å²) in [5.41, 5.74) is 0.688. The van der Waals surface area contributed by atoms with Crippen LogP contribution in [0.15, 0.2) is 35.1 Å². The molecule has 3 rings (SSSR count). The van der Waals surface area contributed by atoms with Gasteiger partial charge in [0.25, 0.3) is 17.2 Å². The summed E-state index contributed by atoms with van der Waals surface area (Å²) in [5, 5.41) is 22.6. The molecule has 1 aromatic carbocycles. The molecule has 12 heteroatoms. The van der Waals surface area contributed by atoms with E-state index in [2.05, 4.69) is 15.5 Å². The van der Waals surface area contributed by atoms with Crippen molar-refractivity contribution in [2.24, 2.45) is 0 Å². The smallest absolute Gasteiger partial charge is 0.286 e. The number of nitro benzene ring substituents is 1. The van der Waals surface area contributed by atoms with Gasteiger partial charge < -0.3 is 14.8 Å². The van der Waals surface area contributed by atoms with E-state index in [9.17, 15) is 19.7 Å². The Morgan fingerprint density at radius 3 is 2.41 bits per heavy atom. The van der Waals surface area contributed by atoms with E-state index in [1.807, 2.05) is 19.9 Å². The van der Waals surface area contributed by atoms with Gasteiger partial charge in [0.05, 0.1) is 37.4 Å². The normalized spacial score (nSPS) is 10.6. The van der Waals surface area contributed by atoms with Crippen molar-refractivity contribution >= 4 is 11.6 Å².